The Balaban J connectivity index is 1.69. The molecule has 2 aliphatic rings. The lowest BCUT2D eigenvalue weighted by Crippen LogP contribution is -1.98. The van der Waals surface area contributed by atoms with Crippen LogP contribution >= 0.6 is 0 Å². The monoisotopic (exact) mass is 261 g/mol. The van der Waals surface area contributed by atoms with E-state index in [0.717, 1.165) is 11.4 Å². The molecule has 0 radical (unpaired) electrons. The molecule has 0 aliphatic heterocycles. The molecular weight excluding hydrogens is 246 g/mol. The second-order valence-electron chi connectivity index (χ2n) is 4.56. The van der Waals surface area contributed by atoms with Crippen LogP contribution in [0.3, 0.4) is 0 Å². The molecule has 1 aromatic heterocycles. The number of rotatable bonds is 4. The van der Waals surface area contributed by atoms with E-state index in [1.165, 1.54) is 0 Å². The highest BCUT2D eigenvalue weighted by molar-refractivity contribution is 5.82. The Kier molecular flexibility index (Phi) is 3.78. The van der Waals surface area contributed by atoms with Crippen molar-refractivity contribution in [2.24, 2.45) is 9.98 Å². The molecular formula is C17H15N3. The zero-order valence-corrected chi connectivity index (χ0v) is 11.0. The number of allylic oxidation sites excluding steroid dienone is 4. The summed E-state index contributed by atoms with van der Waals surface area (Å²) in [5, 5.41) is 0. The van der Waals surface area contributed by atoms with E-state index in [0.29, 0.717) is 0 Å². The zero-order chi connectivity index (χ0) is 13.6. The Bertz CT molecular complexity index is 571. The van der Waals surface area contributed by atoms with E-state index in [1.54, 1.807) is 12.4 Å². The largest absolute Gasteiger partial charge is 0.279 e. The molecule has 0 aromatic carbocycles. The van der Waals surface area contributed by atoms with Crippen LogP contribution in [0.15, 0.2) is 76.8 Å². The smallest absolute Gasteiger partial charge is 0.0868 e. The highest BCUT2D eigenvalue weighted by atomic mass is 14.8. The van der Waals surface area contributed by atoms with E-state index in [9.17, 15) is 0 Å². The zero-order valence-electron chi connectivity index (χ0n) is 11.0. The van der Waals surface area contributed by atoms with E-state index >= 15 is 0 Å². The van der Waals surface area contributed by atoms with Gasteiger partial charge >= 0.3 is 0 Å². The summed E-state index contributed by atoms with van der Waals surface area (Å²) in [4.78, 5) is 13.4. The molecule has 0 saturated heterocycles. The predicted octanol–water partition coefficient (Wildman–Crippen LogP) is 2.91. The maximum atomic E-state index is 4.50. The Morgan fingerprint density at radius 2 is 1.20 bits per heavy atom. The Morgan fingerprint density at radius 3 is 1.65 bits per heavy atom. The lowest BCUT2D eigenvalue weighted by molar-refractivity contribution is 1.05. The van der Waals surface area contributed by atoms with Gasteiger partial charge in [0.15, 0.2) is 0 Å². The molecule has 0 bridgehead atoms. The van der Waals surface area contributed by atoms with Crippen LogP contribution in [0.2, 0.25) is 0 Å². The van der Waals surface area contributed by atoms with Gasteiger partial charge in [0.1, 0.15) is 0 Å². The molecule has 20 heavy (non-hydrogen) atoms. The third-order valence-corrected chi connectivity index (χ3v) is 3.01. The van der Waals surface area contributed by atoms with Crippen molar-refractivity contribution in [3.05, 3.63) is 78.2 Å². The van der Waals surface area contributed by atoms with E-state index in [2.05, 4.69) is 15.0 Å². The quantitative estimate of drug-likeness (QED) is 0.768. The second kappa shape index (κ2) is 6.06. The van der Waals surface area contributed by atoms with Gasteiger partial charge in [0.05, 0.1) is 23.5 Å². The van der Waals surface area contributed by atoms with Crippen LogP contribution < -0.4 is 0 Å². The summed E-state index contributed by atoms with van der Waals surface area (Å²) < 4.78 is 0. The number of pyridine rings is 1. The first-order valence-corrected chi connectivity index (χ1v) is 6.63. The Morgan fingerprint density at radius 1 is 0.750 bits per heavy atom. The molecule has 0 saturated carbocycles. The van der Waals surface area contributed by atoms with E-state index in [-0.39, 0.29) is 12.1 Å². The van der Waals surface area contributed by atoms with Crippen molar-refractivity contribution in [3.8, 4) is 0 Å². The average Bonchev–Trinajstić information content (AvgIpc) is 3.17. The maximum Gasteiger partial charge on any atom is 0.0868 e. The van der Waals surface area contributed by atoms with Gasteiger partial charge in [-0.15, -0.1) is 0 Å². The summed E-state index contributed by atoms with van der Waals surface area (Å²) in [6.45, 7) is 0. The fraction of sp³-hybridized carbons (Fsp3) is 0.118. The van der Waals surface area contributed by atoms with Crippen LogP contribution in [-0.2, 0) is 0 Å². The second-order valence-corrected chi connectivity index (χ2v) is 4.56. The summed E-state index contributed by atoms with van der Waals surface area (Å²) in [6, 6.07) is 6.14. The Labute approximate surface area is 118 Å². The summed E-state index contributed by atoms with van der Waals surface area (Å²) in [5.74, 6) is 0. The predicted molar refractivity (Wildman–Crippen MR) is 83.6 cm³/mol. The van der Waals surface area contributed by atoms with Gasteiger partial charge < -0.3 is 0 Å². The van der Waals surface area contributed by atoms with Crippen molar-refractivity contribution < 1.29 is 0 Å². The molecule has 2 aliphatic carbocycles. The number of nitrogens with zero attached hydrogens (tertiary/aromatic N) is 3. The minimum atomic E-state index is 0.142. The minimum absolute atomic E-state index is 0.142. The minimum Gasteiger partial charge on any atom is -0.279 e. The van der Waals surface area contributed by atoms with Gasteiger partial charge in [-0.05, 0) is 12.1 Å². The molecule has 0 fully saturated rings. The molecule has 3 nitrogen and oxygen atoms in total. The van der Waals surface area contributed by atoms with Gasteiger partial charge in [-0.25, -0.2) is 4.98 Å². The van der Waals surface area contributed by atoms with Crippen LogP contribution in [-0.4, -0.2) is 29.5 Å². The van der Waals surface area contributed by atoms with E-state index in [4.69, 9.17) is 0 Å². The number of hydrogen-bond donors (Lipinski definition) is 0. The van der Waals surface area contributed by atoms with Crippen molar-refractivity contribution in [2.45, 2.75) is 12.1 Å². The van der Waals surface area contributed by atoms with Crippen molar-refractivity contribution >= 4 is 12.4 Å². The number of hydrogen-bond acceptors (Lipinski definition) is 3. The molecule has 3 heteroatoms. The molecule has 98 valence electrons. The summed E-state index contributed by atoms with van der Waals surface area (Å²) in [5.41, 5.74) is 1.69. The standard InChI is InChI=1S/C17H15N3/c1-2-7-14(6-1)18-12-16-10-5-11-17(20-16)13-19-15-8-3-4-9-15/h1-15H. The first-order chi connectivity index (χ1) is 9.90. The molecule has 1 aromatic rings. The highest BCUT2D eigenvalue weighted by Gasteiger charge is 2.01. The molecule has 0 amide bonds. The third-order valence-electron chi connectivity index (χ3n) is 3.01. The lowest BCUT2D eigenvalue weighted by atomic mass is 10.3. The van der Waals surface area contributed by atoms with Gasteiger partial charge in [-0.2, -0.15) is 0 Å². The topological polar surface area (TPSA) is 37.6 Å². The van der Waals surface area contributed by atoms with Crippen LogP contribution in [0, 0.1) is 0 Å². The lowest BCUT2D eigenvalue weighted by Gasteiger charge is -1.99. The molecule has 3 rings (SSSR count). The third kappa shape index (κ3) is 3.26. The fourth-order valence-electron chi connectivity index (χ4n) is 1.98. The first kappa shape index (κ1) is 12.5. The van der Waals surface area contributed by atoms with Gasteiger partial charge in [0.25, 0.3) is 0 Å². The average molecular weight is 261 g/mol. The van der Waals surface area contributed by atoms with Crippen molar-refractivity contribution in [2.75, 3.05) is 0 Å². The molecule has 0 spiro atoms. The maximum absolute atomic E-state index is 4.50. The van der Waals surface area contributed by atoms with Gasteiger partial charge in [0, 0.05) is 12.4 Å². The van der Waals surface area contributed by atoms with Crippen LogP contribution in [0.1, 0.15) is 11.4 Å². The fourth-order valence-corrected chi connectivity index (χ4v) is 1.98. The van der Waals surface area contributed by atoms with Crippen LogP contribution in [0.25, 0.3) is 0 Å². The van der Waals surface area contributed by atoms with Gasteiger partial charge in [-0.3, -0.25) is 9.98 Å². The summed E-state index contributed by atoms with van der Waals surface area (Å²) in [7, 11) is 0. The number of aromatic nitrogens is 1. The van der Waals surface area contributed by atoms with Gasteiger partial charge in [-0.1, -0.05) is 54.7 Å². The molecule has 1 heterocycles. The van der Waals surface area contributed by atoms with Crippen molar-refractivity contribution in [1.82, 2.24) is 4.98 Å². The summed E-state index contributed by atoms with van der Waals surface area (Å²) in [6.07, 6.45) is 19.8. The highest BCUT2D eigenvalue weighted by Crippen LogP contribution is 2.06. The van der Waals surface area contributed by atoms with Gasteiger partial charge in [0.2, 0.25) is 0 Å². The molecule has 0 N–H and O–H groups in total. The number of aliphatic imine (C=N–C) groups is 2. The van der Waals surface area contributed by atoms with E-state index in [1.807, 2.05) is 66.8 Å². The van der Waals surface area contributed by atoms with Crippen LogP contribution in [0.5, 0.6) is 0 Å². The SMILES string of the molecule is C1=CC(N=Cc2cccc(C=NC3C=CC=C3)n2)C=C1. The first-order valence-electron chi connectivity index (χ1n) is 6.63. The summed E-state index contributed by atoms with van der Waals surface area (Å²) >= 11 is 0. The van der Waals surface area contributed by atoms with Crippen LogP contribution in [0.4, 0.5) is 0 Å². The van der Waals surface area contributed by atoms with Crippen molar-refractivity contribution in [1.29, 1.82) is 0 Å². The molecule has 0 atom stereocenters. The Hall–Kier alpha value is -2.55. The van der Waals surface area contributed by atoms with Crippen molar-refractivity contribution in [3.63, 3.8) is 0 Å². The van der Waals surface area contributed by atoms with E-state index < -0.39 is 0 Å². The molecule has 0 unspecified atom stereocenters. The normalized spacial score (nSPS) is 18.4.